The summed E-state index contributed by atoms with van der Waals surface area (Å²) in [4.78, 5) is 0. The minimum Gasteiger partial charge on any atom is -0.396 e. The highest BCUT2D eigenvalue weighted by atomic mass is 16.3. The first-order chi connectivity index (χ1) is 11.7. The fraction of sp³-hybridized carbons (Fsp3) is 0.667. The molecule has 0 bridgehead atoms. The van der Waals surface area contributed by atoms with Crippen LogP contribution in [0.2, 0.25) is 0 Å². The molecular weight excluding hydrogens is 312 g/mol. The predicted octanol–water partition coefficient (Wildman–Crippen LogP) is -1.10. The Labute approximate surface area is 143 Å². The Morgan fingerprint density at radius 3 is 0.500 bits per heavy atom. The summed E-state index contributed by atoms with van der Waals surface area (Å²) in [5, 5.41) is 56.7. The van der Waals surface area contributed by atoms with Gasteiger partial charge in [0, 0.05) is 39.6 Å². The molecule has 0 saturated carbocycles. The Morgan fingerprint density at radius 1 is 0.292 bits per heavy atom. The van der Waals surface area contributed by atoms with Gasteiger partial charge in [-0.25, -0.2) is 0 Å². The number of rotatable bonds is 12. The molecule has 0 amide bonds. The molecule has 0 saturated heterocycles. The molecule has 0 aliphatic carbocycles. The molecule has 1 aromatic rings. The Balaban J connectivity index is 3.74. The monoisotopic (exact) mass is 342 g/mol. The van der Waals surface area contributed by atoms with E-state index in [1.807, 2.05) is 0 Å². The predicted molar refractivity (Wildman–Crippen MR) is 91.2 cm³/mol. The van der Waals surface area contributed by atoms with Gasteiger partial charge in [0.15, 0.2) is 0 Å². The number of benzene rings is 1. The average molecular weight is 342 g/mol. The second kappa shape index (κ2) is 11.5. The minimum absolute atomic E-state index is 0.0622. The topological polar surface area (TPSA) is 121 Å². The van der Waals surface area contributed by atoms with Crippen molar-refractivity contribution in [2.45, 2.75) is 38.5 Å². The van der Waals surface area contributed by atoms with Gasteiger partial charge in [0.1, 0.15) is 0 Å². The zero-order valence-electron chi connectivity index (χ0n) is 14.2. The maximum Gasteiger partial charge on any atom is 0.0471 e. The lowest BCUT2D eigenvalue weighted by Crippen LogP contribution is -2.19. The van der Waals surface area contributed by atoms with Crippen molar-refractivity contribution in [3.8, 4) is 0 Å². The van der Waals surface area contributed by atoms with Crippen molar-refractivity contribution in [2.24, 2.45) is 0 Å². The standard InChI is InChI=1S/C18H30O6/c19-7-1-13-14(2-8-20)16(4-10-22)18(6-12-24)17(5-11-23)15(13)3-9-21/h19-24H,1-12H2. The van der Waals surface area contributed by atoms with E-state index in [2.05, 4.69) is 0 Å². The molecule has 6 N–H and O–H groups in total. The van der Waals surface area contributed by atoms with Crippen LogP contribution in [0.3, 0.4) is 0 Å². The first kappa shape index (κ1) is 21.0. The van der Waals surface area contributed by atoms with Crippen LogP contribution < -0.4 is 0 Å². The van der Waals surface area contributed by atoms with E-state index in [0.29, 0.717) is 38.5 Å². The molecule has 0 unspecified atom stereocenters. The first-order valence-corrected chi connectivity index (χ1v) is 8.52. The van der Waals surface area contributed by atoms with Gasteiger partial charge in [0.2, 0.25) is 0 Å². The molecule has 0 spiro atoms. The third-order valence-corrected chi connectivity index (χ3v) is 4.36. The molecule has 138 valence electrons. The van der Waals surface area contributed by atoms with Crippen LogP contribution in [0.4, 0.5) is 0 Å². The average Bonchev–Trinajstić information content (AvgIpc) is 2.57. The lowest BCUT2D eigenvalue weighted by atomic mass is 9.80. The number of aliphatic hydroxyl groups excluding tert-OH is 6. The molecule has 0 aliphatic rings. The summed E-state index contributed by atoms with van der Waals surface area (Å²) in [5.74, 6) is 0. The second-order valence-corrected chi connectivity index (χ2v) is 5.71. The van der Waals surface area contributed by atoms with E-state index >= 15 is 0 Å². The number of hydrogen-bond donors (Lipinski definition) is 6. The highest BCUT2D eigenvalue weighted by molar-refractivity contribution is 5.53. The third-order valence-electron chi connectivity index (χ3n) is 4.36. The van der Waals surface area contributed by atoms with Crippen molar-refractivity contribution >= 4 is 0 Å². The highest BCUT2D eigenvalue weighted by Gasteiger charge is 2.22. The maximum atomic E-state index is 9.46. The lowest BCUT2D eigenvalue weighted by Gasteiger charge is -2.26. The van der Waals surface area contributed by atoms with E-state index < -0.39 is 0 Å². The number of hydrogen-bond acceptors (Lipinski definition) is 6. The molecule has 24 heavy (non-hydrogen) atoms. The van der Waals surface area contributed by atoms with Crippen LogP contribution in [0.15, 0.2) is 0 Å². The summed E-state index contributed by atoms with van der Waals surface area (Å²) in [6, 6.07) is 0. The van der Waals surface area contributed by atoms with Gasteiger partial charge in [-0.05, 0) is 71.9 Å². The summed E-state index contributed by atoms with van der Waals surface area (Å²) in [7, 11) is 0. The largest absolute Gasteiger partial charge is 0.396 e. The number of aliphatic hydroxyl groups is 6. The van der Waals surface area contributed by atoms with Crippen LogP contribution in [-0.4, -0.2) is 70.3 Å². The quantitative estimate of drug-likeness (QED) is 0.287. The molecule has 0 aromatic heterocycles. The van der Waals surface area contributed by atoms with Crippen molar-refractivity contribution in [1.29, 1.82) is 0 Å². The van der Waals surface area contributed by atoms with Crippen LogP contribution in [0.25, 0.3) is 0 Å². The van der Waals surface area contributed by atoms with E-state index in [4.69, 9.17) is 0 Å². The summed E-state index contributed by atoms with van der Waals surface area (Å²) < 4.78 is 0. The first-order valence-electron chi connectivity index (χ1n) is 8.52. The fourth-order valence-electron chi connectivity index (χ4n) is 3.57. The van der Waals surface area contributed by atoms with Gasteiger partial charge in [-0.1, -0.05) is 0 Å². The highest BCUT2D eigenvalue weighted by Crippen LogP contribution is 2.31. The van der Waals surface area contributed by atoms with Gasteiger partial charge in [-0.3, -0.25) is 0 Å². The molecule has 6 nitrogen and oxygen atoms in total. The fourth-order valence-corrected chi connectivity index (χ4v) is 3.57. The maximum absolute atomic E-state index is 9.46. The van der Waals surface area contributed by atoms with Crippen LogP contribution in [0, 0.1) is 0 Å². The molecular formula is C18H30O6. The summed E-state index contributed by atoms with van der Waals surface area (Å²) in [6.07, 6.45) is 2.34. The van der Waals surface area contributed by atoms with Crippen molar-refractivity contribution < 1.29 is 30.6 Å². The zero-order valence-corrected chi connectivity index (χ0v) is 14.2. The van der Waals surface area contributed by atoms with Crippen molar-refractivity contribution in [3.05, 3.63) is 33.4 Å². The van der Waals surface area contributed by atoms with Crippen LogP contribution in [-0.2, 0) is 38.5 Å². The van der Waals surface area contributed by atoms with Crippen LogP contribution >= 0.6 is 0 Å². The Bertz CT molecular complexity index is 365. The molecule has 0 heterocycles. The molecule has 0 aliphatic heterocycles. The van der Waals surface area contributed by atoms with E-state index in [0.717, 1.165) is 33.4 Å². The molecule has 6 heteroatoms. The van der Waals surface area contributed by atoms with Crippen LogP contribution in [0.5, 0.6) is 0 Å². The normalized spacial score (nSPS) is 11.2. The van der Waals surface area contributed by atoms with Gasteiger partial charge < -0.3 is 30.6 Å². The summed E-state index contributed by atoms with van der Waals surface area (Å²) in [5.41, 5.74) is 5.30. The Morgan fingerprint density at radius 2 is 0.417 bits per heavy atom. The molecule has 1 aromatic carbocycles. The minimum atomic E-state index is -0.0622. The Kier molecular flexibility index (Phi) is 10.1. The molecule has 0 atom stereocenters. The van der Waals surface area contributed by atoms with Gasteiger partial charge in [0.05, 0.1) is 0 Å². The molecule has 1 rings (SSSR count). The zero-order chi connectivity index (χ0) is 17.9. The van der Waals surface area contributed by atoms with E-state index in [1.54, 1.807) is 0 Å². The van der Waals surface area contributed by atoms with Gasteiger partial charge in [-0.2, -0.15) is 0 Å². The summed E-state index contributed by atoms with van der Waals surface area (Å²) in [6.45, 7) is -0.373. The van der Waals surface area contributed by atoms with E-state index in [9.17, 15) is 30.6 Å². The third kappa shape index (κ3) is 4.99. The van der Waals surface area contributed by atoms with Crippen LogP contribution in [0.1, 0.15) is 33.4 Å². The van der Waals surface area contributed by atoms with E-state index in [-0.39, 0.29) is 39.6 Å². The smallest absolute Gasteiger partial charge is 0.0471 e. The SMILES string of the molecule is OCCc1c(CCO)c(CCO)c(CCO)c(CCO)c1CCO. The van der Waals surface area contributed by atoms with Crippen molar-refractivity contribution in [3.63, 3.8) is 0 Å². The second-order valence-electron chi connectivity index (χ2n) is 5.71. The molecule has 0 fully saturated rings. The summed E-state index contributed by atoms with van der Waals surface area (Å²) >= 11 is 0. The van der Waals surface area contributed by atoms with Gasteiger partial charge in [-0.15, -0.1) is 0 Å². The van der Waals surface area contributed by atoms with Gasteiger partial charge in [0.25, 0.3) is 0 Å². The lowest BCUT2D eigenvalue weighted by molar-refractivity contribution is 0.281. The van der Waals surface area contributed by atoms with E-state index in [1.165, 1.54) is 0 Å². The van der Waals surface area contributed by atoms with Gasteiger partial charge >= 0.3 is 0 Å². The Hall–Kier alpha value is -1.02. The van der Waals surface area contributed by atoms with Crippen molar-refractivity contribution in [1.82, 2.24) is 0 Å². The molecule has 0 radical (unpaired) electrons. The van der Waals surface area contributed by atoms with Crippen molar-refractivity contribution in [2.75, 3.05) is 39.6 Å².